The summed E-state index contributed by atoms with van der Waals surface area (Å²) in [6.45, 7) is 24.6. The van der Waals surface area contributed by atoms with Crippen molar-refractivity contribution in [1.29, 1.82) is 0 Å². The summed E-state index contributed by atoms with van der Waals surface area (Å²) < 4.78 is 52.1. The van der Waals surface area contributed by atoms with Crippen LogP contribution in [0.4, 0.5) is 11.4 Å². The lowest BCUT2D eigenvalue weighted by Crippen LogP contribution is -2.47. The van der Waals surface area contributed by atoms with E-state index in [9.17, 15) is 51.0 Å². The van der Waals surface area contributed by atoms with Crippen molar-refractivity contribution in [3.05, 3.63) is 202 Å². The molecule has 0 fully saturated rings. The number of nitrogens with zero attached hydrogens (tertiary/aromatic N) is 2. The topological polar surface area (TPSA) is 225 Å². The number of aliphatic hydroxyl groups excluding tert-OH is 2. The Labute approximate surface area is 582 Å². The molecule has 0 radical (unpaired) electrons. The third kappa shape index (κ3) is 29.9. The van der Waals surface area contributed by atoms with E-state index in [0.29, 0.717) is 55.3 Å². The summed E-state index contributed by atoms with van der Waals surface area (Å²) in [7, 11) is -4.48. The predicted octanol–water partition coefficient (Wildman–Crippen LogP) is 15.3. The van der Waals surface area contributed by atoms with Crippen LogP contribution in [0, 0.1) is 23.7 Å². The van der Waals surface area contributed by atoms with Crippen LogP contribution in [0.1, 0.15) is 216 Å². The number of sulfonamides is 2. The number of hydrogen-bond acceptors (Lipinski definition) is 13. The lowest BCUT2D eigenvalue weighted by molar-refractivity contribution is -0.123. The lowest BCUT2D eigenvalue weighted by Gasteiger charge is -2.26. The molecule has 4 N–H and O–H groups in total. The van der Waals surface area contributed by atoms with Crippen molar-refractivity contribution in [1.82, 2.24) is 10.6 Å². The second-order valence-corrected chi connectivity index (χ2v) is 30.4. The van der Waals surface area contributed by atoms with Gasteiger partial charge in [-0.05, 0) is 147 Å². The molecular formula is C80H114N4O11S2. The van der Waals surface area contributed by atoms with Gasteiger partial charge in [0.1, 0.15) is 0 Å². The minimum Gasteiger partial charge on any atom is -0.392 e. The van der Waals surface area contributed by atoms with E-state index in [0.717, 1.165) is 69.1 Å². The van der Waals surface area contributed by atoms with Gasteiger partial charge in [0.05, 0.1) is 42.1 Å². The molecule has 0 saturated carbocycles. The molecule has 0 saturated heterocycles. The Morgan fingerprint density at radius 1 is 0.433 bits per heavy atom. The number of anilines is 2. The summed E-state index contributed by atoms with van der Waals surface area (Å²) in [4.78, 5) is 68.0. The molecule has 8 atom stereocenters. The third-order valence-electron chi connectivity index (χ3n) is 17.2. The molecular weight excluding hydrogens is 1260 g/mol. The first-order valence-corrected chi connectivity index (χ1v) is 38.4. The van der Waals surface area contributed by atoms with E-state index in [1.807, 2.05) is 177 Å². The van der Waals surface area contributed by atoms with Gasteiger partial charge in [0.2, 0.25) is 20.0 Å². The van der Waals surface area contributed by atoms with Crippen LogP contribution in [0.25, 0.3) is 0 Å². The second-order valence-electron chi connectivity index (χ2n) is 26.3. The zero-order valence-corrected chi connectivity index (χ0v) is 62.4. The van der Waals surface area contributed by atoms with Gasteiger partial charge in [-0.1, -0.05) is 203 Å². The average Bonchev–Trinajstić information content (AvgIpc) is 0.829. The number of benzene rings is 6. The van der Waals surface area contributed by atoms with Crippen molar-refractivity contribution in [2.75, 3.05) is 48.3 Å². The van der Waals surface area contributed by atoms with E-state index in [2.05, 4.69) is 24.5 Å². The maximum atomic E-state index is 14.0. The molecule has 2 unspecified atom stereocenters. The molecule has 97 heavy (non-hydrogen) atoms. The van der Waals surface area contributed by atoms with Gasteiger partial charge >= 0.3 is 0 Å². The molecule has 0 aromatic heterocycles. The number of rotatable bonds is 38. The Kier molecular flexibility index (Phi) is 37.1. The quantitative estimate of drug-likeness (QED) is 0.0265. The predicted molar refractivity (Wildman–Crippen MR) is 400 cm³/mol. The second kappa shape index (κ2) is 42.7. The Bertz CT molecular complexity index is 3570. The fourth-order valence-corrected chi connectivity index (χ4v) is 12.3. The summed E-state index contributed by atoms with van der Waals surface area (Å²) in [6, 6.07) is 47.6. The average molecular weight is 1370 g/mol. The largest absolute Gasteiger partial charge is 0.392 e. The Hall–Kier alpha value is -6.99. The van der Waals surface area contributed by atoms with Crippen LogP contribution in [0.2, 0.25) is 0 Å². The van der Waals surface area contributed by atoms with Crippen LogP contribution >= 0.6 is 0 Å². The van der Waals surface area contributed by atoms with Crippen molar-refractivity contribution in [3.8, 4) is 0 Å². The molecule has 0 aliphatic rings. The molecule has 0 spiro atoms. The van der Waals surface area contributed by atoms with Gasteiger partial charge in [-0.2, -0.15) is 0 Å². The first kappa shape index (κ1) is 84.2. The highest BCUT2D eigenvalue weighted by molar-refractivity contribution is 7.92. The van der Waals surface area contributed by atoms with Crippen LogP contribution in [-0.4, -0.2) is 120 Å². The van der Waals surface area contributed by atoms with Gasteiger partial charge in [-0.15, -0.1) is 0 Å². The number of carbonyl (C=O) groups is 5. The molecule has 0 aliphatic heterocycles. The van der Waals surface area contributed by atoms with Gasteiger partial charge < -0.3 is 20.8 Å². The van der Waals surface area contributed by atoms with Crippen LogP contribution in [0.5, 0.6) is 0 Å². The van der Waals surface area contributed by atoms with Crippen LogP contribution in [-0.2, 0) is 37.7 Å². The molecule has 6 rings (SSSR count). The molecule has 0 bridgehead atoms. The van der Waals surface area contributed by atoms with E-state index in [4.69, 9.17) is 0 Å². The molecule has 532 valence electrons. The first-order chi connectivity index (χ1) is 45.9. The SMILES string of the molecule is CC.CC.CC(C)CCC(=O)C(NC[C@@H](CC(=O)c1cc(C(=O)C[C@H](C)c2ccccc2)cc(N(C)S(C)(=O)=O)c1)Cc1ccccc1)C(C)O.CC(C)CCC[C@@H](NC[C@@H](CC(=O)c1cc(C(=O)C[C@H](C)c2ccccc2)cc(N(C)S(C)(=O)=O)c1)Cc1ccccc1)[C@H](C)O. The number of Topliss-reactive ketones (excluding diaryl/α,β-unsaturated/α-hetero) is 5. The zero-order valence-electron chi connectivity index (χ0n) is 60.8. The van der Waals surface area contributed by atoms with E-state index in [1.165, 1.54) is 26.2 Å². The number of nitrogens with one attached hydrogen (secondary N) is 2. The summed E-state index contributed by atoms with van der Waals surface area (Å²) in [5.41, 5.74) is 5.82. The molecule has 0 heterocycles. The van der Waals surface area contributed by atoms with Crippen molar-refractivity contribution in [2.45, 2.75) is 190 Å². The smallest absolute Gasteiger partial charge is 0.231 e. The maximum Gasteiger partial charge on any atom is 0.231 e. The minimum atomic E-state index is -3.67. The Morgan fingerprint density at radius 3 is 1.08 bits per heavy atom. The summed E-state index contributed by atoms with van der Waals surface area (Å²) >= 11 is 0. The molecule has 6 aromatic carbocycles. The highest BCUT2D eigenvalue weighted by Gasteiger charge is 2.28. The number of ketones is 5. The van der Waals surface area contributed by atoms with E-state index in [-0.39, 0.29) is 107 Å². The molecule has 0 aliphatic carbocycles. The molecule has 0 amide bonds. The molecule has 15 nitrogen and oxygen atoms in total. The van der Waals surface area contributed by atoms with E-state index >= 15 is 0 Å². The first-order valence-electron chi connectivity index (χ1n) is 34.7. The highest BCUT2D eigenvalue weighted by Crippen LogP contribution is 2.30. The van der Waals surface area contributed by atoms with Gasteiger partial charge in [0.15, 0.2) is 28.9 Å². The van der Waals surface area contributed by atoms with Gasteiger partial charge in [0, 0.05) is 74.5 Å². The summed E-state index contributed by atoms with van der Waals surface area (Å²) in [5.74, 6) is -0.346. The highest BCUT2D eigenvalue weighted by atomic mass is 32.2. The summed E-state index contributed by atoms with van der Waals surface area (Å²) in [5, 5.41) is 27.7. The Morgan fingerprint density at radius 2 is 0.763 bits per heavy atom. The summed E-state index contributed by atoms with van der Waals surface area (Å²) in [6.07, 6.45) is 6.61. The van der Waals surface area contributed by atoms with Crippen molar-refractivity contribution >= 4 is 60.3 Å². The minimum absolute atomic E-state index is 0.0483. The molecule has 6 aromatic rings. The van der Waals surface area contributed by atoms with Gasteiger partial charge in [-0.25, -0.2) is 16.8 Å². The lowest BCUT2D eigenvalue weighted by atomic mass is 9.89. The van der Waals surface area contributed by atoms with Crippen molar-refractivity contribution < 1.29 is 51.0 Å². The maximum absolute atomic E-state index is 14.0. The van der Waals surface area contributed by atoms with Gasteiger partial charge in [-0.3, -0.25) is 32.6 Å². The fourth-order valence-electron chi connectivity index (χ4n) is 11.3. The van der Waals surface area contributed by atoms with Crippen LogP contribution in [0.15, 0.2) is 158 Å². The number of carbonyl (C=O) groups excluding carboxylic acids is 5. The zero-order chi connectivity index (χ0) is 72.6. The van der Waals surface area contributed by atoms with Crippen LogP contribution < -0.4 is 19.2 Å². The Balaban J connectivity index is 0.000000481. The van der Waals surface area contributed by atoms with Crippen molar-refractivity contribution in [2.24, 2.45) is 23.7 Å². The van der Waals surface area contributed by atoms with E-state index in [1.54, 1.807) is 38.1 Å². The van der Waals surface area contributed by atoms with Crippen molar-refractivity contribution in [3.63, 3.8) is 0 Å². The van der Waals surface area contributed by atoms with E-state index < -0.39 is 38.3 Å². The number of hydrogen-bond donors (Lipinski definition) is 4. The normalized spacial score (nSPS) is 13.9. The molecule has 17 heteroatoms. The number of aliphatic hydroxyl groups is 2. The monoisotopic (exact) mass is 1370 g/mol. The van der Waals surface area contributed by atoms with Crippen LogP contribution in [0.3, 0.4) is 0 Å². The third-order valence-corrected chi connectivity index (χ3v) is 19.6. The standard InChI is InChI=1S/C38H50N2O6S.C38H52N2O5S.2C2H6/c1-26(2)17-18-35(42)38(28(4)41)39-25-30(20-29-13-9-7-10-14-29)21-37(44)33-22-32(23-34(24-33)40(5)47(6,45)46)36(43)19-27(3)31-15-11-8-12-16-31;1-27(2)14-13-19-36(29(4)41)39-26-31(21-30-15-9-7-10-16-30)22-38(43)34-23-33(24-35(25-34)40(5)46(6,44)45)37(42)20-28(3)32-17-11-8-12-18-32;2*1-2/h7-16,22-24,26-28,30,38-39,41H,17-21,25H2,1-6H3;7-12,15-18,23-25,27-29,31,36,39,41H,13-14,19-22,26H2,1-6H3;2*1-2H3/t27-,28?,30+,38?;28-,29-,31+,36+;;/m00../s1. The fraction of sp³-hybridized carbons (Fsp3) is 0.487. The van der Waals surface area contributed by atoms with Gasteiger partial charge in [0.25, 0.3) is 0 Å².